The zero-order chi connectivity index (χ0) is 21.9. The van der Waals surface area contributed by atoms with Gasteiger partial charge in [0.1, 0.15) is 0 Å². The van der Waals surface area contributed by atoms with Gasteiger partial charge in [0, 0.05) is 0 Å². The molecule has 0 atom stereocenters. The van der Waals surface area contributed by atoms with Crippen molar-refractivity contribution in [1.82, 2.24) is 0 Å². The van der Waals surface area contributed by atoms with Gasteiger partial charge in [-0.15, -0.1) is 0 Å². The van der Waals surface area contributed by atoms with Gasteiger partial charge in [-0.3, -0.25) is 4.55 Å². The Bertz CT molecular complexity index is 642. The van der Waals surface area contributed by atoms with E-state index < -0.39 is 10.1 Å². The van der Waals surface area contributed by atoms with E-state index in [1.54, 1.807) is 12.1 Å². The molecule has 0 radical (unpaired) electrons. The van der Waals surface area contributed by atoms with Crippen molar-refractivity contribution in [3.05, 3.63) is 29.8 Å². The van der Waals surface area contributed by atoms with Crippen LogP contribution in [0, 0.1) is 0 Å². The van der Waals surface area contributed by atoms with E-state index in [9.17, 15) is 13.0 Å². The summed E-state index contributed by atoms with van der Waals surface area (Å²) in [5.41, 5.74) is 0.733. The molecule has 0 saturated carbocycles. The number of aryl methyl sites for hydroxylation is 1. The van der Waals surface area contributed by atoms with Crippen molar-refractivity contribution in [2.24, 2.45) is 0 Å². The third-order valence-electron chi connectivity index (χ3n) is 6.05. The Morgan fingerprint density at radius 2 is 1.00 bits per heavy atom. The van der Waals surface area contributed by atoms with Gasteiger partial charge < -0.3 is 2.85 Å². The first-order chi connectivity index (χ1) is 14.6. The Kier molecular flexibility index (Phi) is 21.2. The van der Waals surface area contributed by atoms with E-state index in [-0.39, 0.29) is 45.5 Å². The zero-order valence-corrected chi connectivity index (χ0v) is 23.1. The standard InChI is InChI=1S/C26H46O3S.Ca.2H/c1-2-3-4-5-6-7-8-9-10-11-12-13-14-15-16-17-18-19-22-25-23-20-21-24-26(25)30(27,28)29;;;/h20-21,23-24H,2-19,22H2,1H3,(H,27,28,29);;;/q;+2;2*-1. The summed E-state index contributed by atoms with van der Waals surface area (Å²) in [5.74, 6) is 0. The van der Waals surface area contributed by atoms with Crippen LogP contribution in [0.2, 0.25) is 0 Å². The molecular formula is C26H48CaO3S. The average Bonchev–Trinajstić information content (AvgIpc) is 2.72. The number of hydrogen-bond acceptors (Lipinski definition) is 2. The molecule has 5 heteroatoms. The number of unbranched alkanes of at least 4 members (excludes halogenated alkanes) is 17. The minimum absolute atomic E-state index is 0. The van der Waals surface area contributed by atoms with Crippen LogP contribution >= 0.6 is 0 Å². The number of hydrogen-bond donors (Lipinski definition) is 1. The third-order valence-corrected chi connectivity index (χ3v) is 7.00. The van der Waals surface area contributed by atoms with Gasteiger partial charge in [0.05, 0.1) is 4.90 Å². The molecule has 178 valence electrons. The van der Waals surface area contributed by atoms with Crippen LogP contribution in [-0.4, -0.2) is 50.7 Å². The third kappa shape index (κ3) is 17.5. The van der Waals surface area contributed by atoms with E-state index in [1.165, 1.54) is 109 Å². The van der Waals surface area contributed by atoms with E-state index in [2.05, 4.69) is 6.92 Å². The second kappa shape index (κ2) is 21.0. The maximum atomic E-state index is 11.4. The Labute approximate surface area is 225 Å². The maximum absolute atomic E-state index is 11.4. The summed E-state index contributed by atoms with van der Waals surface area (Å²) < 4.78 is 32.1. The second-order valence-electron chi connectivity index (χ2n) is 8.84. The van der Waals surface area contributed by atoms with E-state index in [0.29, 0.717) is 6.42 Å². The maximum Gasteiger partial charge on any atom is 2.00 e. The predicted octanol–water partition coefficient (Wildman–Crippen LogP) is 8.36. The van der Waals surface area contributed by atoms with Crippen LogP contribution in [0.25, 0.3) is 0 Å². The normalized spacial score (nSPS) is 11.4. The van der Waals surface area contributed by atoms with Gasteiger partial charge in [0.2, 0.25) is 0 Å². The van der Waals surface area contributed by atoms with Crippen molar-refractivity contribution in [3.8, 4) is 0 Å². The summed E-state index contributed by atoms with van der Waals surface area (Å²) in [6, 6.07) is 6.77. The molecule has 0 aliphatic carbocycles. The van der Waals surface area contributed by atoms with Crippen LogP contribution in [0.5, 0.6) is 0 Å². The van der Waals surface area contributed by atoms with Gasteiger partial charge in [0.15, 0.2) is 0 Å². The fraction of sp³-hybridized carbons (Fsp3) is 0.769. The van der Waals surface area contributed by atoms with Gasteiger partial charge in [-0.25, -0.2) is 0 Å². The van der Waals surface area contributed by atoms with Crippen molar-refractivity contribution >= 4 is 47.9 Å². The fourth-order valence-corrected chi connectivity index (χ4v) is 4.93. The summed E-state index contributed by atoms with van der Waals surface area (Å²) in [7, 11) is -4.11. The van der Waals surface area contributed by atoms with Gasteiger partial charge in [-0.1, -0.05) is 134 Å². The summed E-state index contributed by atoms with van der Waals surface area (Å²) in [4.78, 5) is 0.0666. The Balaban J connectivity index is -0.00000300. The van der Waals surface area contributed by atoms with Crippen molar-refractivity contribution < 1.29 is 15.8 Å². The molecule has 0 aromatic heterocycles. The molecule has 0 aliphatic rings. The first-order valence-electron chi connectivity index (χ1n) is 12.6. The van der Waals surface area contributed by atoms with Crippen molar-refractivity contribution in [3.63, 3.8) is 0 Å². The second-order valence-corrected chi connectivity index (χ2v) is 10.2. The van der Waals surface area contributed by atoms with Crippen molar-refractivity contribution in [2.75, 3.05) is 0 Å². The monoisotopic (exact) mass is 480 g/mol. The van der Waals surface area contributed by atoms with Gasteiger partial charge >= 0.3 is 37.7 Å². The number of benzene rings is 1. The molecule has 1 aromatic rings. The molecule has 0 fully saturated rings. The van der Waals surface area contributed by atoms with Crippen LogP contribution in [0.15, 0.2) is 29.2 Å². The molecule has 1 N–H and O–H groups in total. The smallest absolute Gasteiger partial charge is 1.00 e. The molecule has 0 aliphatic heterocycles. The van der Waals surface area contributed by atoms with Crippen LogP contribution < -0.4 is 0 Å². The Hall–Kier alpha value is 0.390. The van der Waals surface area contributed by atoms with E-state index >= 15 is 0 Å². The first-order valence-corrected chi connectivity index (χ1v) is 14.0. The van der Waals surface area contributed by atoms with Crippen LogP contribution in [0.3, 0.4) is 0 Å². The van der Waals surface area contributed by atoms with Crippen LogP contribution in [0.1, 0.15) is 131 Å². The molecule has 1 aromatic carbocycles. The molecule has 0 saturated heterocycles. The molecule has 0 bridgehead atoms. The first kappa shape index (κ1) is 31.4. The molecule has 0 spiro atoms. The minimum Gasteiger partial charge on any atom is -1.00 e. The van der Waals surface area contributed by atoms with Crippen LogP contribution in [0.4, 0.5) is 0 Å². The van der Waals surface area contributed by atoms with Gasteiger partial charge in [-0.2, -0.15) is 8.42 Å². The van der Waals surface area contributed by atoms with Gasteiger partial charge in [0.25, 0.3) is 10.1 Å². The quantitative estimate of drug-likeness (QED) is 0.116. The predicted molar refractivity (Wildman–Crippen MR) is 137 cm³/mol. The van der Waals surface area contributed by atoms with E-state index in [0.717, 1.165) is 18.4 Å². The zero-order valence-electron chi connectivity index (χ0n) is 22.1. The molecular weight excluding hydrogens is 432 g/mol. The Morgan fingerprint density at radius 3 is 1.39 bits per heavy atom. The van der Waals surface area contributed by atoms with Crippen molar-refractivity contribution in [2.45, 2.75) is 134 Å². The summed E-state index contributed by atoms with van der Waals surface area (Å²) in [6.45, 7) is 2.28. The molecule has 0 unspecified atom stereocenters. The van der Waals surface area contributed by atoms with Gasteiger partial charge in [-0.05, 0) is 24.5 Å². The van der Waals surface area contributed by atoms with Crippen LogP contribution in [-0.2, 0) is 16.5 Å². The average molecular weight is 481 g/mol. The molecule has 1 rings (SSSR count). The topological polar surface area (TPSA) is 54.4 Å². The largest absolute Gasteiger partial charge is 2.00 e. The van der Waals surface area contributed by atoms with Crippen molar-refractivity contribution in [1.29, 1.82) is 0 Å². The molecule has 31 heavy (non-hydrogen) atoms. The van der Waals surface area contributed by atoms with E-state index in [1.807, 2.05) is 6.07 Å². The minimum atomic E-state index is -4.11. The molecule has 0 heterocycles. The molecule has 3 nitrogen and oxygen atoms in total. The molecule has 0 amide bonds. The summed E-state index contributed by atoms with van der Waals surface area (Å²) >= 11 is 0. The SMILES string of the molecule is CCCCCCCCCCCCCCCCCCCCc1ccccc1S(=O)(=O)O.[Ca+2].[H-].[H-]. The fourth-order valence-electron chi connectivity index (χ4n) is 4.18. The summed E-state index contributed by atoms with van der Waals surface area (Å²) in [5, 5.41) is 0. The van der Waals surface area contributed by atoms with E-state index in [4.69, 9.17) is 0 Å². The summed E-state index contributed by atoms with van der Waals surface area (Å²) in [6.07, 6.45) is 24.9. The Morgan fingerprint density at radius 1 is 0.645 bits per heavy atom. The number of rotatable bonds is 20.